The smallest absolute Gasteiger partial charge is 0.146 e. The van der Waals surface area contributed by atoms with Gasteiger partial charge in [0.05, 0.1) is 0 Å². The Balaban J connectivity index is 1.93. The molecule has 3 heteroatoms. The van der Waals surface area contributed by atoms with Gasteiger partial charge >= 0.3 is 0 Å². The van der Waals surface area contributed by atoms with Crippen LogP contribution in [0.25, 0.3) is 0 Å². The summed E-state index contributed by atoms with van der Waals surface area (Å²) in [5, 5.41) is 4.18. The lowest BCUT2D eigenvalue weighted by atomic mass is 10.0. The van der Waals surface area contributed by atoms with Crippen LogP contribution in [0, 0.1) is 0 Å². The molecule has 0 amide bonds. The lowest BCUT2D eigenvalue weighted by Gasteiger charge is -2.05. The van der Waals surface area contributed by atoms with Crippen molar-refractivity contribution >= 4 is 12.0 Å². The Morgan fingerprint density at radius 1 is 1.12 bits per heavy atom. The van der Waals surface area contributed by atoms with E-state index >= 15 is 0 Å². The molecule has 1 atom stereocenters. The van der Waals surface area contributed by atoms with Crippen LogP contribution in [-0.2, 0) is 0 Å². The molecule has 1 aromatic heterocycles. The lowest BCUT2D eigenvalue weighted by Crippen LogP contribution is -1.98. The first kappa shape index (κ1) is 11.3. The quantitative estimate of drug-likeness (QED) is 0.640. The molecule has 0 aliphatic heterocycles. The fourth-order valence-corrected chi connectivity index (χ4v) is 1.49. The van der Waals surface area contributed by atoms with E-state index in [4.69, 9.17) is 0 Å². The molecule has 2 aromatic rings. The van der Waals surface area contributed by atoms with E-state index in [-0.39, 0.29) is 5.92 Å². The van der Waals surface area contributed by atoms with Crippen molar-refractivity contribution in [1.29, 1.82) is 0 Å². The number of nitrogens with zero attached hydrogens (tertiary/aromatic N) is 2. The SMILES string of the molecule is CC(C=NNc1ccccn1)c1ccccc1. The highest BCUT2D eigenvalue weighted by Crippen LogP contribution is 2.11. The number of anilines is 1. The topological polar surface area (TPSA) is 37.3 Å². The van der Waals surface area contributed by atoms with E-state index in [1.165, 1.54) is 5.56 Å². The lowest BCUT2D eigenvalue weighted by molar-refractivity contribution is 1.03. The highest BCUT2D eigenvalue weighted by molar-refractivity contribution is 5.68. The van der Waals surface area contributed by atoms with Gasteiger partial charge in [-0.2, -0.15) is 5.10 Å². The van der Waals surface area contributed by atoms with Gasteiger partial charge in [-0.3, -0.25) is 5.43 Å². The molecular formula is C14H15N3. The Morgan fingerprint density at radius 3 is 2.59 bits per heavy atom. The average Bonchev–Trinajstić information content (AvgIpc) is 2.41. The van der Waals surface area contributed by atoms with Crippen molar-refractivity contribution in [2.24, 2.45) is 5.10 Å². The van der Waals surface area contributed by atoms with Crippen molar-refractivity contribution in [3.8, 4) is 0 Å². The van der Waals surface area contributed by atoms with Gasteiger partial charge in [0.15, 0.2) is 0 Å². The maximum atomic E-state index is 4.18. The second-order valence-corrected chi connectivity index (χ2v) is 3.80. The third-order valence-electron chi connectivity index (χ3n) is 2.47. The van der Waals surface area contributed by atoms with Gasteiger partial charge < -0.3 is 0 Å². The predicted molar refractivity (Wildman–Crippen MR) is 71.2 cm³/mol. The summed E-state index contributed by atoms with van der Waals surface area (Å²) in [5.41, 5.74) is 4.15. The fraction of sp³-hybridized carbons (Fsp3) is 0.143. The standard InChI is InChI=1S/C14H15N3/c1-12(13-7-3-2-4-8-13)11-16-17-14-9-5-6-10-15-14/h2-12H,1H3,(H,15,17). The van der Waals surface area contributed by atoms with E-state index in [0.717, 1.165) is 5.82 Å². The maximum absolute atomic E-state index is 4.18. The number of nitrogens with one attached hydrogen (secondary N) is 1. The third kappa shape index (κ3) is 3.41. The van der Waals surface area contributed by atoms with Gasteiger partial charge in [-0.1, -0.05) is 43.3 Å². The monoisotopic (exact) mass is 225 g/mol. The van der Waals surface area contributed by atoms with Crippen molar-refractivity contribution in [2.45, 2.75) is 12.8 Å². The number of aromatic nitrogens is 1. The highest BCUT2D eigenvalue weighted by atomic mass is 15.3. The average molecular weight is 225 g/mol. The molecule has 0 bridgehead atoms. The Kier molecular flexibility index (Phi) is 3.86. The number of benzene rings is 1. The largest absolute Gasteiger partial charge is 0.262 e. The second-order valence-electron chi connectivity index (χ2n) is 3.80. The zero-order chi connectivity index (χ0) is 11.9. The van der Waals surface area contributed by atoms with Crippen LogP contribution in [0.4, 0.5) is 5.82 Å². The first-order chi connectivity index (χ1) is 8.36. The van der Waals surface area contributed by atoms with E-state index in [1.54, 1.807) is 6.20 Å². The van der Waals surface area contributed by atoms with Gasteiger partial charge in [0.25, 0.3) is 0 Å². The molecular weight excluding hydrogens is 210 g/mol. The van der Waals surface area contributed by atoms with Crippen molar-refractivity contribution in [1.82, 2.24) is 4.98 Å². The number of hydrogen-bond acceptors (Lipinski definition) is 3. The van der Waals surface area contributed by atoms with E-state index in [9.17, 15) is 0 Å². The van der Waals surface area contributed by atoms with Gasteiger partial charge in [0, 0.05) is 18.3 Å². The molecule has 1 aromatic carbocycles. The molecule has 0 saturated heterocycles. The molecule has 0 fully saturated rings. The van der Waals surface area contributed by atoms with E-state index < -0.39 is 0 Å². The van der Waals surface area contributed by atoms with Crippen molar-refractivity contribution < 1.29 is 0 Å². The van der Waals surface area contributed by atoms with Crippen LogP contribution in [0.15, 0.2) is 59.8 Å². The zero-order valence-electron chi connectivity index (χ0n) is 9.75. The minimum atomic E-state index is 0.285. The Hall–Kier alpha value is -2.16. The normalized spacial score (nSPS) is 12.5. The molecule has 86 valence electrons. The molecule has 1 unspecified atom stereocenters. The molecule has 0 aliphatic rings. The minimum absolute atomic E-state index is 0.285. The van der Waals surface area contributed by atoms with Crippen LogP contribution < -0.4 is 5.43 Å². The van der Waals surface area contributed by atoms with Crippen molar-refractivity contribution in [3.63, 3.8) is 0 Å². The summed E-state index contributed by atoms with van der Waals surface area (Å²) >= 11 is 0. The summed E-state index contributed by atoms with van der Waals surface area (Å²) in [5.74, 6) is 1.04. The second kappa shape index (κ2) is 5.80. The summed E-state index contributed by atoms with van der Waals surface area (Å²) in [7, 11) is 0. The maximum Gasteiger partial charge on any atom is 0.146 e. The van der Waals surface area contributed by atoms with E-state index in [2.05, 4.69) is 34.6 Å². The molecule has 1 heterocycles. The molecule has 1 N–H and O–H groups in total. The summed E-state index contributed by atoms with van der Waals surface area (Å²) in [6.07, 6.45) is 3.61. The summed E-state index contributed by atoms with van der Waals surface area (Å²) in [4.78, 5) is 4.12. The number of hydrazone groups is 1. The highest BCUT2D eigenvalue weighted by Gasteiger charge is 1.99. The predicted octanol–water partition coefficient (Wildman–Crippen LogP) is 3.28. The van der Waals surface area contributed by atoms with Crippen LogP contribution in [0.3, 0.4) is 0 Å². The molecule has 0 spiro atoms. The number of pyridine rings is 1. The number of hydrogen-bond donors (Lipinski definition) is 1. The summed E-state index contributed by atoms with van der Waals surface area (Å²) in [6.45, 7) is 2.11. The van der Waals surface area contributed by atoms with Gasteiger partial charge in [-0.25, -0.2) is 4.98 Å². The molecule has 0 radical (unpaired) electrons. The number of rotatable bonds is 4. The van der Waals surface area contributed by atoms with Crippen LogP contribution in [0.2, 0.25) is 0 Å². The Morgan fingerprint density at radius 2 is 1.88 bits per heavy atom. The van der Waals surface area contributed by atoms with Crippen LogP contribution in [0.5, 0.6) is 0 Å². The first-order valence-corrected chi connectivity index (χ1v) is 5.61. The van der Waals surface area contributed by atoms with Crippen molar-refractivity contribution in [2.75, 3.05) is 5.43 Å². The summed E-state index contributed by atoms with van der Waals surface area (Å²) in [6, 6.07) is 15.9. The molecule has 0 aliphatic carbocycles. The molecule has 17 heavy (non-hydrogen) atoms. The first-order valence-electron chi connectivity index (χ1n) is 5.61. The molecule has 3 nitrogen and oxygen atoms in total. The Labute approximate surface area is 101 Å². The van der Waals surface area contributed by atoms with Crippen LogP contribution in [0.1, 0.15) is 18.4 Å². The van der Waals surface area contributed by atoms with Gasteiger partial charge in [-0.15, -0.1) is 0 Å². The van der Waals surface area contributed by atoms with Crippen LogP contribution >= 0.6 is 0 Å². The van der Waals surface area contributed by atoms with Gasteiger partial charge in [0.2, 0.25) is 0 Å². The molecule has 0 saturated carbocycles. The van der Waals surface area contributed by atoms with Gasteiger partial charge in [-0.05, 0) is 17.7 Å². The Bertz CT molecular complexity index is 465. The van der Waals surface area contributed by atoms with Crippen molar-refractivity contribution in [3.05, 3.63) is 60.3 Å². The van der Waals surface area contributed by atoms with E-state index in [0.29, 0.717) is 0 Å². The zero-order valence-corrected chi connectivity index (χ0v) is 9.75. The fourth-order valence-electron chi connectivity index (χ4n) is 1.49. The third-order valence-corrected chi connectivity index (χ3v) is 2.47. The van der Waals surface area contributed by atoms with Crippen LogP contribution in [-0.4, -0.2) is 11.2 Å². The summed E-state index contributed by atoms with van der Waals surface area (Å²) < 4.78 is 0. The van der Waals surface area contributed by atoms with Gasteiger partial charge in [0.1, 0.15) is 5.82 Å². The van der Waals surface area contributed by atoms with E-state index in [1.807, 2.05) is 42.6 Å². The minimum Gasteiger partial charge on any atom is -0.262 e. The molecule has 2 rings (SSSR count).